The minimum absolute atomic E-state index is 0.0424. The Morgan fingerprint density at radius 3 is 2.77 bits per heavy atom. The number of halogens is 3. The number of rotatable bonds is 5. The average Bonchev–Trinajstić information content (AvgIpc) is 3.36. The predicted octanol–water partition coefficient (Wildman–Crippen LogP) is 2.67. The number of carbonyl (C=O) groups excluding carboxylic acids is 1. The molecule has 35 heavy (non-hydrogen) atoms. The van der Waals surface area contributed by atoms with Gasteiger partial charge in [-0.25, -0.2) is 27.7 Å². The van der Waals surface area contributed by atoms with Crippen LogP contribution in [-0.4, -0.2) is 71.7 Å². The Kier molecular flexibility index (Phi) is 5.49. The summed E-state index contributed by atoms with van der Waals surface area (Å²) in [5.41, 5.74) is 9.10. The normalized spacial score (nSPS) is 17.9. The van der Waals surface area contributed by atoms with Crippen LogP contribution < -0.4 is 11.1 Å². The number of hydrogen-bond donors (Lipinski definition) is 2. The maximum Gasteiger partial charge on any atom is 0.285 e. The van der Waals surface area contributed by atoms with Crippen molar-refractivity contribution in [3.8, 4) is 11.3 Å². The number of amides is 1. The van der Waals surface area contributed by atoms with E-state index in [-0.39, 0.29) is 37.2 Å². The van der Waals surface area contributed by atoms with Crippen LogP contribution in [0.2, 0.25) is 0 Å². The van der Waals surface area contributed by atoms with Crippen molar-refractivity contribution in [2.75, 3.05) is 30.8 Å². The number of alkyl halides is 3. The summed E-state index contributed by atoms with van der Waals surface area (Å²) in [6, 6.07) is 4.08. The SMILES string of the molecule is CC(=O)N1CC[C@@H](Nc2nc(N)c3c(-c4ccc5nc(C)n(CCF)c5n4)ccn3n2)C(F)(F)C1. The number of fused-ring (bicyclic) bond motifs is 2. The lowest BCUT2D eigenvalue weighted by molar-refractivity contribution is -0.140. The number of nitrogen functional groups attached to an aromatic ring is 1. The third-order valence-electron chi connectivity index (χ3n) is 6.25. The first-order valence-electron chi connectivity index (χ1n) is 11.1. The number of pyridine rings is 1. The van der Waals surface area contributed by atoms with Crippen LogP contribution in [0.15, 0.2) is 24.4 Å². The third-order valence-corrected chi connectivity index (χ3v) is 6.25. The van der Waals surface area contributed by atoms with E-state index in [9.17, 15) is 18.0 Å². The van der Waals surface area contributed by atoms with E-state index in [0.717, 1.165) is 4.90 Å². The van der Waals surface area contributed by atoms with Gasteiger partial charge in [0.25, 0.3) is 5.92 Å². The van der Waals surface area contributed by atoms with Crippen molar-refractivity contribution < 1.29 is 18.0 Å². The van der Waals surface area contributed by atoms with Crippen LogP contribution in [0.3, 0.4) is 0 Å². The van der Waals surface area contributed by atoms with Gasteiger partial charge in [-0.2, -0.15) is 4.98 Å². The molecule has 184 valence electrons. The molecule has 5 rings (SSSR count). The Morgan fingerprint density at radius 2 is 2.06 bits per heavy atom. The molecule has 0 aliphatic carbocycles. The molecule has 0 radical (unpaired) electrons. The number of nitrogens with two attached hydrogens (primary N) is 1. The molecule has 1 saturated heterocycles. The molecule has 13 heteroatoms. The van der Waals surface area contributed by atoms with Crippen molar-refractivity contribution >= 4 is 34.4 Å². The van der Waals surface area contributed by atoms with E-state index >= 15 is 0 Å². The number of anilines is 2. The smallest absolute Gasteiger partial charge is 0.285 e. The summed E-state index contributed by atoms with van der Waals surface area (Å²) in [7, 11) is 0. The molecular weight excluding hydrogens is 463 g/mol. The highest BCUT2D eigenvalue weighted by atomic mass is 19.3. The Hall–Kier alpha value is -3.90. The van der Waals surface area contributed by atoms with Crippen LogP contribution in [-0.2, 0) is 11.3 Å². The molecule has 0 bridgehead atoms. The maximum atomic E-state index is 14.6. The van der Waals surface area contributed by atoms with Crippen LogP contribution in [0, 0.1) is 6.92 Å². The number of hydrogen-bond acceptors (Lipinski definition) is 7. The van der Waals surface area contributed by atoms with E-state index in [4.69, 9.17) is 5.73 Å². The third kappa shape index (κ3) is 4.00. The second-order valence-corrected chi connectivity index (χ2v) is 8.57. The van der Waals surface area contributed by atoms with Gasteiger partial charge in [-0.15, -0.1) is 5.10 Å². The molecule has 1 amide bonds. The standard InChI is InChI=1S/C22H24F3N9O/c1-12-27-16-4-3-15(28-20(16)33(12)10-7-23)14-5-9-34-18(14)19(26)30-21(31-34)29-17-6-8-32(13(2)35)11-22(17,24)25/h3-5,9,17H,6-8,10-11H2,1-2H3,(H3,26,29,30,31)/t17-/m1/s1. The first kappa shape index (κ1) is 22.9. The van der Waals surface area contributed by atoms with Gasteiger partial charge in [-0.1, -0.05) is 0 Å². The molecule has 0 aromatic carbocycles. The summed E-state index contributed by atoms with van der Waals surface area (Å²) in [5, 5.41) is 7.00. The van der Waals surface area contributed by atoms with Crippen LogP contribution in [0.25, 0.3) is 27.9 Å². The quantitative estimate of drug-likeness (QED) is 0.444. The molecule has 5 heterocycles. The molecule has 1 aliphatic heterocycles. The van der Waals surface area contributed by atoms with E-state index in [1.54, 1.807) is 35.9 Å². The minimum atomic E-state index is -3.15. The Balaban J connectivity index is 1.47. The summed E-state index contributed by atoms with van der Waals surface area (Å²) >= 11 is 0. The largest absolute Gasteiger partial charge is 0.382 e. The Morgan fingerprint density at radius 1 is 1.26 bits per heavy atom. The van der Waals surface area contributed by atoms with Gasteiger partial charge in [0.05, 0.1) is 24.8 Å². The van der Waals surface area contributed by atoms with Crippen molar-refractivity contribution in [1.29, 1.82) is 0 Å². The summed E-state index contributed by atoms with van der Waals surface area (Å²) < 4.78 is 45.5. The first-order valence-corrected chi connectivity index (χ1v) is 11.1. The zero-order valence-corrected chi connectivity index (χ0v) is 19.2. The van der Waals surface area contributed by atoms with Gasteiger partial charge in [-0.05, 0) is 31.5 Å². The predicted molar refractivity (Wildman–Crippen MR) is 124 cm³/mol. The molecule has 4 aromatic rings. The van der Waals surface area contributed by atoms with Crippen molar-refractivity contribution in [3.05, 3.63) is 30.2 Å². The van der Waals surface area contributed by atoms with Gasteiger partial charge in [0.1, 0.15) is 23.5 Å². The number of aryl methyl sites for hydroxylation is 2. The molecule has 0 saturated carbocycles. The Bertz CT molecular complexity index is 1430. The molecule has 10 nitrogen and oxygen atoms in total. The second kappa shape index (κ2) is 8.40. The molecule has 0 unspecified atom stereocenters. The topological polar surface area (TPSA) is 119 Å². The van der Waals surface area contributed by atoms with Crippen molar-refractivity contribution in [3.63, 3.8) is 0 Å². The number of carbonyl (C=O) groups is 1. The lowest BCUT2D eigenvalue weighted by Crippen LogP contribution is -2.55. The second-order valence-electron chi connectivity index (χ2n) is 8.57. The Labute approximate surface area is 198 Å². The monoisotopic (exact) mass is 487 g/mol. The molecular formula is C22H24F3N9O. The highest BCUT2D eigenvalue weighted by molar-refractivity contribution is 5.88. The lowest BCUT2D eigenvalue weighted by Gasteiger charge is -2.38. The maximum absolute atomic E-state index is 14.6. The molecule has 1 aliphatic rings. The summed E-state index contributed by atoms with van der Waals surface area (Å²) in [5.74, 6) is -2.84. The van der Waals surface area contributed by atoms with E-state index in [0.29, 0.717) is 33.8 Å². The number of imidazole rings is 1. The van der Waals surface area contributed by atoms with Crippen LogP contribution in [0.5, 0.6) is 0 Å². The first-order chi connectivity index (χ1) is 16.7. The lowest BCUT2D eigenvalue weighted by atomic mass is 10.0. The van der Waals surface area contributed by atoms with E-state index in [1.165, 1.54) is 11.4 Å². The fourth-order valence-electron chi connectivity index (χ4n) is 4.48. The zero-order valence-electron chi connectivity index (χ0n) is 19.2. The van der Waals surface area contributed by atoms with E-state index < -0.39 is 25.2 Å². The van der Waals surface area contributed by atoms with E-state index in [1.807, 2.05) is 0 Å². The van der Waals surface area contributed by atoms with Gasteiger partial charge in [0.15, 0.2) is 11.5 Å². The molecule has 3 N–H and O–H groups in total. The molecule has 1 fully saturated rings. The van der Waals surface area contributed by atoms with Crippen molar-refractivity contribution in [2.45, 2.75) is 38.8 Å². The molecule has 1 atom stereocenters. The highest BCUT2D eigenvalue weighted by Crippen LogP contribution is 2.32. The highest BCUT2D eigenvalue weighted by Gasteiger charge is 2.45. The number of aromatic nitrogens is 6. The van der Waals surface area contributed by atoms with Gasteiger partial charge in [0.2, 0.25) is 11.9 Å². The van der Waals surface area contributed by atoms with Gasteiger partial charge >= 0.3 is 0 Å². The molecule has 0 spiro atoms. The van der Waals surface area contributed by atoms with Crippen LogP contribution >= 0.6 is 0 Å². The van der Waals surface area contributed by atoms with Crippen molar-refractivity contribution in [2.24, 2.45) is 0 Å². The summed E-state index contributed by atoms with van der Waals surface area (Å²) in [4.78, 5) is 25.9. The van der Waals surface area contributed by atoms with Gasteiger partial charge in [0, 0.05) is 25.2 Å². The molecule has 4 aromatic heterocycles. The minimum Gasteiger partial charge on any atom is -0.382 e. The fourth-order valence-corrected chi connectivity index (χ4v) is 4.48. The number of likely N-dealkylation sites (tertiary alicyclic amines) is 1. The average molecular weight is 487 g/mol. The number of nitrogens with zero attached hydrogens (tertiary/aromatic N) is 7. The summed E-state index contributed by atoms with van der Waals surface area (Å²) in [6.45, 7) is 2.20. The van der Waals surface area contributed by atoms with E-state index in [2.05, 4.69) is 25.4 Å². The zero-order chi connectivity index (χ0) is 24.9. The van der Waals surface area contributed by atoms with Crippen molar-refractivity contribution in [1.82, 2.24) is 34.0 Å². The summed E-state index contributed by atoms with van der Waals surface area (Å²) in [6.07, 6.45) is 1.68. The number of nitrogens with one attached hydrogen (secondary N) is 1. The number of piperidine rings is 1. The van der Waals surface area contributed by atoms with Gasteiger partial charge in [-0.3, -0.25) is 4.79 Å². The van der Waals surface area contributed by atoms with Gasteiger partial charge < -0.3 is 20.5 Å². The van der Waals surface area contributed by atoms with Crippen LogP contribution in [0.4, 0.5) is 24.9 Å². The fraction of sp³-hybridized carbons (Fsp3) is 0.409. The van der Waals surface area contributed by atoms with Crippen LogP contribution in [0.1, 0.15) is 19.2 Å².